The van der Waals surface area contributed by atoms with E-state index < -0.39 is 5.97 Å². The van der Waals surface area contributed by atoms with E-state index in [1.54, 1.807) is 0 Å². The van der Waals surface area contributed by atoms with E-state index in [0.29, 0.717) is 13.5 Å². The molecule has 0 aliphatic carbocycles. The Bertz CT molecular complexity index is 340. The third kappa shape index (κ3) is 1.86. The zero-order valence-corrected chi connectivity index (χ0v) is 10.3. The summed E-state index contributed by atoms with van der Waals surface area (Å²) in [4.78, 5) is 14.4. The molecule has 6 heteroatoms. The molecule has 0 atom stereocenters. The Morgan fingerprint density at radius 3 is 2.42 bits per heavy atom. The number of aromatic nitrogens is 1. The van der Waals surface area contributed by atoms with Gasteiger partial charge in [0.1, 0.15) is 4.60 Å². The van der Waals surface area contributed by atoms with E-state index in [0.717, 1.165) is 0 Å². The van der Waals surface area contributed by atoms with Gasteiger partial charge in [-0.25, -0.2) is 9.78 Å². The number of nitrogens with zero attached hydrogens (tertiary/aromatic N) is 1. The van der Waals surface area contributed by atoms with E-state index in [4.69, 9.17) is 5.11 Å². The lowest BCUT2D eigenvalue weighted by Gasteiger charge is -2.01. The number of hydrogen-bond acceptors (Lipinski definition) is 2. The molecule has 1 rings (SSSR count). The van der Waals surface area contributed by atoms with Gasteiger partial charge >= 0.3 is 5.97 Å². The molecule has 1 heterocycles. The highest BCUT2D eigenvalue weighted by molar-refractivity contribution is 9.14. The van der Waals surface area contributed by atoms with Gasteiger partial charge in [-0.15, -0.1) is 0 Å². The van der Waals surface area contributed by atoms with Crippen LogP contribution >= 0.6 is 47.8 Å². The molecule has 0 saturated carbocycles. The van der Waals surface area contributed by atoms with Crippen molar-refractivity contribution in [1.82, 2.24) is 4.98 Å². The van der Waals surface area contributed by atoms with E-state index in [2.05, 4.69) is 52.8 Å². The number of pyridine rings is 1. The summed E-state index contributed by atoms with van der Waals surface area (Å²) < 4.78 is 1.65. The van der Waals surface area contributed by atoms with Crippen molar-refractivity contribution in [2.45, 2.75) is 0 Å². The van der Waals surface area contributed by atoms with E-state index in [9.17, 15) is 4.79 Å². The number of aromatic carboxylic acids is 1. The predicted octanol–water partition coefficient (Wildman–Crippen LogP) is 3.07. The maximum absolute atomic E-state index is 10.6. The highest BCUT2D eigenvalue weighted by Gasteiger charge is 2.13. The average molecular weight is 360 g/mol. The van der Waals surface area contributed by atoms with E-state index in [1.807, 2.05) is 0 Å². The first-order valence-corrected chi connectivity index (χ1v) is 5.14. The van der Waals surface area contributed by atoms with Crippen LogP contribution in [0.5, 0.6) is 0 Å². The largest absolute Gasteiger partial charge is 0.478 e. The van der Waals surface area contributed by atoms with Crippen LogP contribution in [0.4, 0.5) is 0 Å². The summed E-state index contributed by atoms with van der Waals surface area (Å²) in [5.41, 5.74) is 0.130. The fraction of sp³-hybridized carbons (Fsp3) is 0. The fourth-order valence-corrected chi connectivity index (χ4v) is 1.93. The van der Waals surface area contributed by atoms with E-state index in [-0.39, 0.29) is 5.56 Å². The molecule has 0 fully saturated rings. The van der Waals surface area contributed by atoms with Gasteiger partial charge in [0.15, 0.2) is 0 Å². The fourth-order valence-electron chi connectivity index (χ4n) is 0.592. The van der Waals surface area contributed by atoms with Crippen molar-refractivity contribution >= 4 is 53.8 Å². The summed E-state index contributed by atoms with van der Waals surface area (Å²) in [7, 11) is 0. The van der Waals surface area contributed by atoms with Gasteiger partial charge in [0.25, 0.3) is 0 Å². The van der Waals surface area contributed by atoms with Crippen LogP contribution in [-0.2, 0) is 0 Å². The van der Waals surface area contributed by atoms with Crippen LogP contribution in [0.25, 0.3) is 0 Å². The zero-order chi connectivity index (χ0) is 9.30. The van der Waals surface area contributed by atoms with Gasteiger partial charge in [0, 0.05) is 6.20 Å². The quantitative estimate of drug-likeness (QED) is 0.784. The summed E-state index contributed by atoms with van der Waals surface area (Å²) >= 11 is 9.46. The minimum atomic E-state index is -1.01. The van der Waals surface area contributed by atoms with Crippen LogP contribution in [0.2, 0.25) is 0 Å². The number of carboxylic acid groups (broad SMARTS) is 1. The maximum atomic E-state index is 10.6. The maximum Gasteiger partial charge on any atom is 0.338 e. The lowest BCUT2D eigenvalue weighted by Crippen LogP contribution is -1.99. The molecule has 64 valence electrons. The molecule has 3 nitrogen and oxygen atoms in total. The minimum Gasteiger partial charge on any atom is -0.478 e. The van der Waals surface area contributed by atoms with Gasteiger partial charge in [-0.3, -0.25) is 0 Å². The lowest BCUT2D eigenvalue weighted by atomic mass is 10.3. The molecular weight excluding hydrogens is 358 g/mol. The molecule has 0 amide bonds. The van der Waals surface area contributed by atoms with Crippen LogP contribution in [-0.4, -0.2) is 16.1 Å². The third-order valence-corrected chi connectivity index (χ3v) is 4.41. The van der Waals surface area contributed by atoms with Crippen molar-refractivity contribution in [2.24, 2.45) is 0 Å². The summed E-state index contributed by atoms with van der Waals surface area (Å²) in [5, 5.41) is 8.67. The second-order valence-corrected chi connectivity index (χ2v) is 4.23. The number of carboxylic acids is 1. The molecule has 0 radical (unpaired) electrons. The molecule has 0 aromatic carbocycles. The Morgan fingerprint density at radius 2 is 1.92 bits per heavy atom. The highest BCUT2D eigenvalue weighted by atomic mass is 79.9. The molecule has 1 N–H and O–H groups in total. The average Bonchev–Trinajstić information content (AvgIpc) is 2.00. The van der Waals surface area contributed by atoms with E-state index >= 15 is 0 Å². The van der Waals surface area contributed by atoms with Crippen molar-refractivity contribution in [3.8, 4) is 0 Å². The zero-order valence-electron chi connectivity index (χ0n) is 5.51. The molecule has 12 heavy (non-hydrogen) atoms. The summed E-state index contributed by atoms with van der Waals surface area (Å²) in [5.74, 6) is -1.01. The number of rotatable bonds is 1. The lowest BCUT2D eigenvalue weighted by molar-refractivity contribution is 0.0695. The molecule has 0 bridgehead atoms. The summed E-state index contributed by atoms with van der Waals surface area (Å²) in [6, 6.07) is 0. The van der Waals surface area contributed by atoms with Crippen LogP contribution in [0.15, 0.2) is 19.7 Å². The summed E-state index contributed by atoms with van der Waals surface area (Å²) in [6.07, 6.45) is 1.28. The van der Waals surface area contributed by atoms with Crippen molar-refractivity contribution < 1.29 is 9.90 Å². The van der Waals surface area contributed by atoms with Crippen LogP contribution in [0.3, 0.4) is 0 Å². The van der Waals surface area contributed by atoms with Crippen molar-refractivity contribution in [3.05, 3.63) is 25.3 Å². The van der Waals surface area contributed by atoms with Crippen molar-refractivity contribution in [1.29, 1.82) is 0 Å². The minimum absolute atomic E-state index is 0.130. The molecule has 0 aliphatic heterocycles. The van der Waals surface area contributed by atoms with Gasteiger partial charge in [0.05, 0.1) is 14.5 Å². The smallest absolute Gasteiger partial charge is 0.338 e. The van der Waals surface area contributed by atoms with E-state index in [1.165, 1.54) is 6.20 Å². The summed E-state index contributed by atoms with van der Waals surface area (Å²) in [6.45, 7) is 0. The molecule has 0 aliphatic rings. The molecular formula is C6H2Br3NO2. The monoisotopic (exact) mass is 357 g/mol. The van der Waals surface area contributed by atoms with Crippen LogP contribution in [0.1, 0.15) is 10.4 Å². The second kappa shape index (κ2) is 3.85. The van der Waals surface area contributed by atoms with Crippen molar-refractivity contribution in [3.63, 3.8) is 0 Å². The first-order chi connectivity index (χ1) is 5.54. The number of carbonyl (C=O) groups is 1. The number of hydrogen-bond donors (Lipinski definition) is 1. The van der Waals surface area contributed by atoms with Crippen LogP contribution in [0, 0.1) is 0 Å². The van der Waals surface area contributed by atoms with Gasteiger partial charge < -0.3 is 5.11 Å². The Kier molecular flexibility index (Phi) is 3.25. The standard InChI is InChI=1S/C6H2Br3NO2/c7-3-2(6(11)12)1-10-5(9)4(3)8/h1H,(H,11,12). The normalized spacial score (nSPS) is 9.92. The predicted molar refractivity (Wildman–Crippen MR) is 54.3 cm³/mol. The van der Waals surface area contributed by atoms with Crippen molar-refractivity contribution in [2.75, 3.05) is 0 Å². The highest BCUT2D eigenvalue weighted by Crippen LogP contribution is 2.31. The van der Waals surface area contributed by atoms with Crippen LogP contribution < -0.4 is 0 Å². The van der Waals surface area contributed by atoms with Gasteiger partial charge in [-0.05, 0) is 47.8 Å². The molecule has 1 aromatic rings. The molecule has 0 spiro atoms. The number of halogens is 3. The molecule has 0 saturated heterocycles. The first kappa shape index (κ1) is 10.1. The van der Waals surface area contributed by atoms with Gasteiger partial charge in [0.2, 0.25) is 0 Å². The SMILES string of the molecule is O=C(O)c1cnc(Br)c(Br)c1Br. The third-order valence-electron chi connectivity index (χ3n) is 1.15. The Morgan fingerprint density at radius 1 is 1.33 bits per heavy atom. The van der Waals surface area contributed by atoms with Gasteiger partial charge in [-0.2, -0.15) is 0 Å². The second-order valence-electron chi connectivity index (χ2n) is 1.90. The molecule has 0 unspecified atom stereocenters. The Labute approximate surface area is 93.6 Å². The molecule has 1 aromatic heterocycles. The Hall–Kier alpha value is 0.0600. The first-order valence-electron chi connectivity index (χ1n) is 2.77. The Balaban J connectivity index is 3.36. The topological polar surface area (TPSA) is 50.2 Å². The van der Waals surface area contributed by atoms with Gasteiger partial charge in [-0.1, -0.05) is 0 Å².